The third-order valence-corrected chi connectivity index (χ3v) is 6.06. The van der Waals surface area contributed by atoms with Gasteiger partial charge in [-0.15, -0.1) is 0 Å². The molecule has 0 unspecified atom stereocenters. The van der Waals surface area contributed by atoms with Gasteiger partial charge in [-0.05, 0) is 38.1 Å². The van der Waals surface area contributed by atoms with E-state index in [2.05, 4.69) is 26.2 Å². The number of nitrogens with zero attached hydrogens (tertiary/aromatic N) is 8. The fourth-order valence-electron chi connectivity index (χ4n) is 3.88. The predicted molar refractivity (Wildman–Crippen MR) is 130 cm³/mol. The number of amides is 1. The number of nitriles is 1. The Balaban J connectivity index is 1.21. The maximum Gasteiger partial charge on any atom is 0.300 e. The number of aromatic nitrogens is 5. The van der Waals surface area contributed by atoms with Crippen LogP contribution in [0.2, 0.25) is 5.15 Å². The molecule has 1 saturated heterocycles. The van der Waals surface area contributed by atoms with Crippen LogP contribution in [-0.2, 0) is 6.54 Å². The number of rotatable bonds is 5. The van der Waals surface area contributed by atoms with Crippen molar-refractivity contribution >= 4 is 34.8 Å². The highest BCUT2D eigenvalue weighted by molar-refractivity contribution is 6.29. The summed E-state index contributed by atoms with van der Waals surface area (Å²) in [7, 11) is 0. The predicted octanol–water partition coefficient (Wildman–Crippen LogP) is 3.65. The molecular weight excluding hydrogens is 468 g/mol. The lowest BCUT2D eigenvalue weighted by Gasteiger charge is -2.33. The molecule has 4 heterocycles. The first-order valence-electron chi connectivity index (χ1n) is 11.2. The van der Waals surface area contributed by atoms with Crippen LogP contribution in [0.15, 0.2) is 47.0 Å². The van der Waals surface area contributed by atoms with Crippen molar-refractivity contribution < 1.29 is 9.21 Å². The zero-order valence-electron chi connectivity index (χ0n) is 19.3. The van der Waals surface area contributed by atoms with Gasteiger partial charge in [0.1, 0.15) is 10.8 Å². The van der Waals surface area contributed by atoms with Gasteiger partial charge < -0.3 is 14.2 Å². The smallest absolute Gasteiger partial charge is 0.300 e. The Labute approximate surface area is 206 Å². The van der Waals surface area contributed by atoms with Gasteiger partial charge in [0.15, 0.2) is 5.58 Å². The first-order valence-corrected chi connectivity index (χ1v) is 11.6. The van der Waals surface area contributed by atoms with Gasteiger partial charge in [-0.2, -0.15) is 25.2 Å². The summed E-state index contributed by atoms with van der Waals surface area (Å²) >= 11 is 5.93. The second-order valence-corrected chi connectivity index (χ2v) is 9.45. The molecule has 1 aliphatic rings. The van der Waals surface area contributed by atoms with Gasteiger partial charge in [-0.3, -0.25) is 4.79 Å². The lowest BCUT2D eigenvalue weighted by Crippen LogP contribution is -2.48. The summed E-state index contributed by atoms with van der Waals surface area (Å²) < 4.78 is 5.79. The molecule has 0 radical (unpaired) electrons. The first kappa shape index (κ1) is 22.8. The van der Waals surface area contributed by atoms with Crippen LogP contribution < -0.4 is 4.90 Å². The zero-order valence-corrected chi connectivity index (χ0v) is 20.1. The number of pyridine rings is 1. The van der Waals surface area contributed by atoms with Crippen LogP contribution in [0.1, 0.15) is 24.2 Å². The fourth-order valence-corrected chi connectivity index (χ4v) is 4.02. The normalized spacial score (nSPS) is 14.3. The van der Waals surface area contributed by atoms with Gasteiger partial charge in [-0.1, -0.05) is 23.7 Å². The van der Waals surface area contributed by atoms with Crippen molar-refractivity contribution in [2.45, 2.75) is 20.4 Å². The minimum Gasteiger partial charge on any atom is -0.422 e. The third kappa shape index (κ3) is 4.81. The monoisotopic (exact) mass is 490 g/mol. The van der Waals surface area contributed by atoms with E-state index in [1.54, 1.807) is 30.5 Å². The number of piperazine rings is 1. The number of hydrogen-bond acceptors (Lipinski definition) is 8. The molecule has 4 aromatic rings. The highest BCUT2D eigenvalue weighted by Gasteiger charge is 2.25. The SMILES string of the molecule is CC(C)(C#N)Cn1ncc(-c2ccc(C(=O)N3CCN(c4nc5nc(Cl)ccc5o4)CC3)cc2)n1. The molecule has 0 N–H and O–H groups in total. The Bertz CT molecular complexity index is 1410. The summed E-state index contributed by atoms with van der Waals surface area (Å²) in [5, 5.41) is 18.3. The summed E-state index contributed by atoms with van der Waals surface area (Å²) in [6.07, 6.45) is 1.67. The molecule has 35 heavy (non-hydrogen) atoms. The Hall–Kier alpha value is -3.97. The maximum atomic E-state index is 13.0. The molecule has 5 rings (SSSR count). The Morgan fingerprint density at radius 3 is 2.57 bits per heavy atom. The second-order valence-electron chi connectivity index (χ2n) is 9.06. The number of anilines is 1. The lowest BCUT2D eigenvalue weighted by molar-refractivity contribution is 0.0745. The molecule has 1 aliphatic heterocycles. The van der Waals surface area contributed by atoms with Crippen LogP contribution >= 0.6 is 11.6 Å². The minimum atomic E-state index is -0.554. The number of halogens is 1. The topological polar surface area (TPSA) is 117 Å². The van der Waals surface area contributed by atoms with Crippen molar-refractivity contribution in [3.05, 3.63) is 53.3 Å². The van der Waals surface area contributed by atoms with E-state index in [4.69, 9.17) is 16.0 Å². The van der Waals surface area contributed by atoms with Gasteiger partial charge in [-0.25, -0.2) is 4.98 Å². The van der Waals surface area contributed by atoms with E-state index < -0.39 is 5.41 Å². The van der Waals surface area contributed by atoms with Crippen molar-refractivity contribution in [1.82, 2.24) is 29.9 Å². The Morgan fingerprint density at radius 1 is 1.11 bits per heavy atom. The molecule has 10 nitrogen and oxygen atoms in total. The van der Waals surface area contributed by atoms with Crippen LogP contribution in [0.5, 0.6) is 0 Å². The highest BCUT2D eigenvalue weighted by atomic mass is 35.5. The standard InChI is InChI=1S/C24H23ClN8O2/c1-24(2,14-26)15-33-27-13-18(30-33)16-3-5-17(6-4-16)22(34)31-9-11-32(12-10-31)23-29-21-19(35-23)7-8-20(25)28-21/h3-8,13H,9-12,15H2,1-2H3. The second kappa shape index (κ2) is 9.00. The number of fused-ring (bicyclic) bond motifs is 1. The van der Waals surface area contributed by atoms with Crippen LogP contribution in [0.4, 0.5) is 6.01 Å². The number of hydrogen-bond donors (Lipinski definition) is 0. The maximum absolute atomic E-state index is 13.0. The van der Waals surface area contributed by atoms with Gasteiger partial charge in [0.2, 0.25) is 5.65 Å². The molecule has 0 bridgehead atoms. The number of oxazole rings is 1. The number of carbonyl (C=O) groups is 1. The molecule has 0 saturated carbocycles. The van der Waals surface area contributed by atoms with Crippen LogP contribution in [0, 0.1) is 16.7 Å². The molecule has 11 heteroatoms. The van der Waals surface area contributed by atoms with Crippen LogP contribution in [-0.4, -0.2) is 61.9 Å². The van der Waals surface area contributed by atoms with Crippen molar-refractivity contribution in [2.75, 3.05) is 31.1 Å². The van der Waals surface area contributed by atoms with Crippen molar-refractivity contribution in [3.8, 4) is 17.3 Å². The Morgan fingerprint density at radius 2 is 1.86 bits per heavy atom. The highest BCUT2D eigenvalue weighted by Crippen LogP contribution is 2.24. The average molecular weight is 491 g/mol. The molecule has 1 amide bonds. The van der Waals surface area contributed by atoms with Gasteiger partial charge in [0.25, 0.3) is 11.9 Å². The summed E-state index contributed by atoms with van der Waals surface area (Å²) in [5.74, 6) is -0.0263. The van der Waals surface area contributed by atoms with Gasteiger partial charge in [0, 0.05) is 37.3 Å². The molecule has 1 fully saturated rings. The number of carbonyl (C=O) groups excluding carboxylic acids is 1. The van der Waals surface area contributed by atoms with E-state index in [1.807, 2.05) is 35.8 Å². The summed E-state index contributed by atoms with van der Waals surface area (Å²) in [6.45, 7) is 6.40. The van der Waals surface area contributed by atoms with E-state index in [-0.39, 0.29) is 5.91 Å². The summed E-state index contributed by atoms with van der Waals surface area (Å²) in [4.78, 5) is 27.0. The summed E-state index contributed by atoms with van der Waals surface area (Å²) in [6, 6.07) is 13.5. The minimum absolute atomic E-state index is 0.0263. The average Bonchev–Trinajstić information content (AvgIpc) is 3.50. The molecule has 0 aliphatic carbocycles. The fraction of sp³-hybridized carbons (Fsp3) is 0.333. The largest absolute Gasteiger partial charge is 0.422 e. The van der Waals surface area contributed by atoms with Gasteiger partial charge in [0.05, 0.1) is 24.2 Å². The molecule has 178 valence electrons. The molecule has 0 atom stereocenters. The van der Waals surface area contributed by atoms with Crippen molar-refractivity contribution in [2.24, 2.45) is 5.41 Å². The molecule has 0 spiro atoms. The van der Waals surface area contributed by atoms with E-state index in [0.29, 0.717) is 66.4 Å². The third-order valence-electron chi connectivity index (χ3n) is 5.85. The van der Waals surface area contributed by atoms with Crippen LogP contribution in [0.25, 0.3) is 22.5 Å². The first-order chi connectivity index (χ1) is 16.8. The summed E-state index contributed by atoms with van der Waals surface area (Å²) in [5.41, 5.74) is 2.66. The number of benzene rings is 1. The quantitative estimate of drug-likeness (QED) is 0.389. The van der Waals surface area contributed by atoms with Gasteiger partial charge >= 0.3 is 0 Å². The van der Waals surface area contributed by atoms with E-state index in [0.717, 1.165) is 5.56 Å². The van der Waals surface area contributed by atoms with E-state index in [1.165, 1.54) is 4.80 Å². The van der Waals surface area contributed by atoms with E-state index in [9.17, 15) is 10.1 Å². The Kier molecular flexibility index (Phi) is 5.86. The van der Waals surface area contributed by atoms with Crippen LogP contribution in [0.3, 0.4) is 0 Å². The molecule has 3 aromatic heterocycles. The van der Waals surface area contributed by atoms with Crippen molar-refractivity contribution in [1.29, 1.82) is 5.26 Å². The molecule has 1 aromatic carbocycles. The lowest BCUT2D eigenvalue weighted by atomic mass is 9.96. The zero-order chi connectivity index (χ0) is 24.6. The van der Waals surface area contributed by atoms with Crippen molar-refractivity contribution in [3.63, 3.8) is 0 Å². The van der Waals surface area contributed by atoms with E-state index >= 15 is 0 Å². The molecular formula is C24H23ClN8O2.